The van der Waals surface area contributed by atoms with E-state index in [2.05, 4.69) is 0 Å². The quantitative estimate of drug-likeness (QED) is 0.588. The number of hydrogen-bond acceptors (Lipinski definition) is 3. The molecule has 0 atom stereocenters. The summed E-state index contributed by atoms with van der Waals surface area (Å²) in [5.74, 6) is -0.539. The summed E-state index contributed by atoms with van der Waals surface area (Å²) in [6, 6.07) is 6.70. The summed E-state index contributed by atoms with van der Waals surface area (Å²) >= 11 is 1.11. The number of aromatic carboxylic acids is 1. The first-order chi connectivity index (χ1) is 6.61. The van der Waals surface area contributed by atoms with Gasteiger partial charge in [0.05, 0.1) is 5.56 Å². The standard InChI is InChI=1S/C9H10N2O2S.BrH/c10-9(11)14-5-6-3-1-2-4-7(6)8(12)13;/h1-4H,5H2,(H3,10,11)(H,12,13);1H. The van der Waals surface area contributed by atoms with E-state index < -0.39 is 5.97 Å². The Morgan fingerprint density at radius 3 is 2.60 bits per heavy atom. The van der Waals surface area contributed by atoms with Crippen LogP contribution in [0.3, 0.4) is 0 Å². The lowest BCUT2D eigenvalue weighted by atomic mass is 10.1. The summed E-state index contributed by atoms with van der Waals surface area (Å²) < 4.78 is 0. The average Bonchev–Trinajstić information content (AvgIpc) is 2.15. The van der Waals surface area contributed by atoms with Crippen molar-refractivity contribution >= 4 is 39.9 Å². The molecule has 4 N–H and O–H groups in total. The number of nitrogens with two attached hydrogens (primary N) is 1. The molecular formula is C9H11BrN2O2S. The Kier molecular flexibility index (Phi) is 6.03. The maximum absolute atomic E-state index is 10.8. The third-order valence-corrected chi connectivity index (χ3v) is 2.40. The highest BCUT2D eigenvalue weighted by Crippen LogP contribution is 2.15. The smallest absolute Gasteiger partial charge is 0.335 e. The van der Waals surface area contributed by atoms with Crippen LogP contribution >= 0.6 is 28.7 Å². The Bertz CT molecular complexity index is 371. The van der Waals surface area contributed by atoms with E-state index in [0.29, 0.717) is 11.3 Å². The second-order valence-electron chi connectivity index (χ2n) is 2.62. The van der Waals surface area contributed by atoms with Crippen molar-refractivity contribution in [3.05, 3.63) is 35.4 Å². The summed E-state index contributed by atoms with van der Waals surface area (Å²) in [6.45, 7) is 0. The van der Waals surface area contributed by atoms with Crippen LogP contribution in [-0.2, 0) is 5.75 Å². The second-order valence-corrected chi connectivity index (χ2v) is 3.63. The first-order valence-electron chi connectivity index (χ1n) is 3.89. The number of nitrogens with one attached hydrogen (secondary N) is 1. The van der Waals surface area contributed by atoms with Gasteiger partial charge in [0.2, 0.25) is 0 Å². The van der Waals surface area contributed by atoms with Gasteiger partial charge in [0.25, 0.3) is 0 Å². The Morgan fingerprint density at radius 1 is 1.47 bits per heavy atom. The number of hydrogen-bond donors (Lipinski definition) is 3. The van der Waals surface area contributed by atoms with Gasteiger partial charge in [-0.3, -0.25) is 5.41 Å². The van der Waals surface area contributed by atoms with Crippen molar-refractivity contribution in [3.63, 3.8) is 0 Å². The number of amidine groups is 1. The Morgan fingerprint density at radius 2 is 2.07 bits per heavy atom. The molecule has 1 rings (SSSR count). The molecule has 0 heterocycles. The molecule has 6 heteroatoms. The summed E-state index contributed by atoms with van der Waals surface area (Å²) in [5.41, 5.74) is 6.11. The lowest BCUT2D eigenvalue weighted by Crippen LogP contribution is -2.06. The highest BCUT2D eigenvalue weighted by atomic mass is 79.9. The van der Waals surface area contributed by atoms with Gasteiger partial charge in [-0.25, -0.2) is 4.79 Å². The fourth-order valence-corrected chi connectivity index (χ4v) is 1.57. The Labute approximate surface area is 102 Å². The van der Waals surface area contributed by atoms with Gasteiger partial charge in [0.15, 0.2) is 5.17 Å². The minimum atomic E-state index is -0.954. The molecule has 1 aromatic carbocycles. The number of thioether (sulfide) groups is 1. The molecule has 0 aliphatic rings. The SMILES string of the molecule is Br.N=C(N)SCc1ccccc1C(=O)O. The molecule has 0 unspecified atom stereocenters. The van der Waals surface area contributed by atoms with Gasteiger partial charge in [0.1, 0.15) is 0 Å². The molecule has 0 bridgehead atoms. The van der Waals surface area contributed by atoms with Crippen molar-refractivity contribution in [2.45, 2.75) is 5.75 Å². The van der Waals surface area contributed by atoms with Crippen LogP contribution in [0.2, 0.25) is 0 Å². The molecule has 0 spiro atoms. The summed E-state index contributed by atoms with van der Waals surface area (Å²) in [6.07, 6.45) is 0. The Balaban J connectivity index is 0.00000196. The van der Waals surface area contributed by atoms with Gasteiger partial charge in [-0.15, -0.1) is 17.0 Å². The average molecular weight is 291 g/mol. The second kappa shape index (κ2) is 6.47. The van der Waals surface area contributed by atoms with Crippen LogP contribution in [-0.4, -0.2) is 16.2 Å². The molecule has 4 nitrogen and oxygen atoms in total. The van der Waals surface area contributed by atoms with E-state index in [4.69, 9.17) is 16.2 Å². The van der Waals surface area contributed by atoms with Gasteiger partial charge in [-0.1, -0.05) is 30.0 Å². The van der Waals surface area contributed by atoms with Crippen LogP contribution in [0.5, 0.6) is 0 Å². The first kappa shape index (κ1) is 14.0. The topological polar surface area (TPSA) is 87.2 Å². The van der Waals surface area contributed by atoms with Crippen molar-refractivity contribution < 1.29 is 9.90 Å². The largest absolute Gasteiger partial charge is 0.478 e. The van der Waals surface area contributed by atoms with Gasteiger partial charge in [-0.2, -0.15) is 0 Å². The van der Waals surface area contributed by atoms with E-state index in [1.165, 1.54) is 0 Å². The zero-order valence-corrected chi connectivity index (χ0v) is 10.3. The molecule has 0 fully saturated rings. The summed E-state index contributed by atoms with van der Waals surface area (Å²) in [5, 5.41) is 15.8. The zero-order valence-electron chi connectivity index (χ0n) is 7.77. The van der Waals surface area contributed by atoms with Crippen LogP contribution in [0.4, 0.5) is 0 Å². The third-order valence-electron chi connectivity index (χ3n) is 1.63. The lowest BCUT2D eigenvalue weighted by Gasteiger charge is -2.03. The van der Waals surface area contributed by atoms with Crippen LogP contribution in [0.25, 0.3) is 0 Å². The fraction of sp³-hybridized carbons (Fsp3) is 0.111. The predicted octanol–water partition coefficient (Wildman–Crippen LogP) is 2.09. The number of halogens is 1. The van der Waals surface area contributed by atoms with Crippen molar-refractivity contribution in [1.82, 2.24) is 0 Å². The highest BCUT2D eigenvalue weighted by Gasteiger charge is 2.08. The minimum Gasteiger partial charge on any atom is -0.478 e. The van der Waals surface area contributed by atoms with E-state index in [9.17, 15) is 4.79 Å². The van der Waals surface area contributed by atoms with E-state index in [1.54, 1.807) is 24.3 Å². The van der Waals surface area contributed by atoms with Crippen LogP contribution in [0, 0.1) is 5.41 Å². The molecule has 0 aromatic heterocycles. The minimum absolute atomic E-state index is 0. The molecule has 82 valence electrons. The first-order valence-corrected chi connectivity index (χ1v) is 4.88. The monoisotopic (exact) mass is 290 g/mol. The third kappa shape index (κ3) is 4.35. The number of carbonyl (C=O) groups is 1. The van der Waals surface area contributed by atoms with Crippen LogP contribution in [0.1, 0.15) is 15.9 Å². The van der Waals surface area contributed by atoms with Gasteiger partial charge >= 0.3 is 5.97 Å². The fourth-order valence-electron chi connectivity index (χ4n) is 1.01. The molecule has 0 saturated carbocycles. The molecular weight excluding hydrogens is 280 g/mol. The highest BCUT2D eigenvalue weighted by molar-refractivity contribution is 8.93. The van der Waals surface area contributed by atoms with Crippen molar-refractivity contribution in [3.8, 4) is 0 Å². The van der Waals surface area contributed by atoms with Gasteiger partial charge in [0, 0.05) is 5.75 Å². The molecule has 0 amide bonds. The van der Waals surface area contributed by atoms with E-state index in [-0.39, 0.29) is 27.7 Å². The molecule has 1 aromatic rings. The molecule has 0 radical (unpaired) electrons. The molecule has 0 saturated heterocycles. The van der Waals surface area contributed by atoms with Gasteiger partial charge in [-0.05, 0) is 11.6 Å². The predicted molar refractivity (Wildman–Crippen MR) is 66.9 cm³/mol. The summed E-state index contributed by atoms with van der Waals surface area (Å²) in [4.78, 5) is 10.8. The maximum atomic E-state index is 10.8. The van der Waals surface area contributed by atoms with Crippen molar-refractivity contribution in [2.24, 2.45) is 5.73 Å². The summed E-state index contributed by atoms with van der Waals surface area (Å²) in [7, 11) is 0. The number of carboxylic acid groups (broad SMARTS) is 1. The Hall–Kier alpha value is -1.01. The van der Waals surface area contributed by atoms with E-state index in [1.807, 2.05) is 0 Å². The number of rotatable bonds is 3. The van der Waals surface area contributed by atoms with E-state index >= 15 is 0 Å². The van der Waals surface area contributed by atoms with E-state index in [0.717, 1.165) is 11.8 Å². The maximum Gasteiger partial charge on any atom is 0.335 e. The van der Waals surface area contributed by atoms with Crippen molar-refractivity contribution in [1.29, 1.82) is 5.41 Å². The molecule has 15 heavy (non-hydrogen) atoms. The molecule has 0 aliphatic carbocycles. The number of benzene rings is 1. The molecule has 0 aliphatic heterocycles. The van der Waals surface area contributed by atoms with Crippen LogP contribution < -0.4 is 5.73 Å². The number of carboxylic acids is 1. The van der Waals surface area contributed by atoms with Crippen LogP contribution in [0.15, 0.2) is 24.3 Å². The van der Waals surface area contributed by atoms with Crippen molar-refractivity contribution in [2.75, 3.05) is 0 Å². The lowest BCUT2D eigenvalue weighted by molar-refractivity contribution is 0.0696. The van der Waals surface area contributed by atoms with Gasteiger partial charge < -0.3 is 10.8 Å². The zero-order chi connectivity index (χ0) is 10.6. The normalized spacial score (nSPS) is 9.07.